The molecule has 1 aliphatic rings. The predicted molar refractivity (Wildman–Crippen MR) is 60.2 cm³/mol. The van der Waals surface area contributed by atoms with Gasteiger partial charge in [-0.1, -0.05) is 18.5 Å². The molecule has 0 bridgehead atoms. The fourth-order valence-electron chi connectivity index (χ4n) is 1.99. The molecule has 2 aromatic heterocycles. The third kappa shape index (κ3) is 1.08. The lowest BCUT2D eigenvalue weighted by molar-refractivity contribution is 0.409. The molecule has 1 unspecified atom stereocenters. The number of hydrogen-bond donors (Lipinski definition) is 2. The van der Waals surface area contributed by atoms with Crippen molar-refractivity contribution in [2.24, 2.45) is 0 Å². The first kappa shape index (κ1) is 9.80. The van der Waals surface area contributed by atoms with Crippen molar-refractivity contribution >= 4 is 22.9 Å². The first-order chi connectivity index (χ1) is 7.65. The summed E-state index contributed by atoms with van der Waals surface area (Å²) in [6.07, 6.45) is 2.39. The van der Waals surface area contributed by atoms with Crippen molar-refractivity contribution < 1.29 is 0 Å². The smallest absolute Gasteiger partial charge is 0.183 e. The Bertz CT molecular complexity index is 564. The molecule has 0 aliphatic carbocycles. The van der Waals surface area contributed by atoms with E-state index in [1.54, 1.807) is 0 Å². The number of fused-ring (bicyclic) bond motifs is 3. The second-order valence-electron chi connectivity index (χ2n) is 4.05. The van der Waals surface area contributed by atoms with E-state index >= 15 is 0 Å². The molecule has 2 N–H and O–H groups in total. The molecular weight excluding hydrogens is 228 g/mol. The number of anilines is 1. The van der Waals surface area contributed by atoms with Gasteiger partial charge in [-0.15, -0.1) is 14.8 Å². The van der Waals surface area contributed by atoms with Crippen LogP contribution in [0, 0.1) is 0 Å². The van der Waals surface area contributed by atoms with Crippen LogP contribution in [0.1, 0.15) is 25.8 Å². The highest BCUT2D eigenvalue weighted by Gasteiger charge is 2.37. The molecule has 3 rings (SSSR count). The predicted octanol–water partition coefficient (Wildman–Crippen LogP) is 1.33. The Labute approximate surface area is 97.0 Å². The van der Waals surface area contributed by atoms with E-state index in [1.807, 2.05) is 0 Å². The van der Waals surface area contributed by atoms with Crippen molar-refractivity contribution in [2.45, 2.75) is 25.8 Å². The van der Waals surface area contributed by atoms with Crippen molar-refractivity contribution in [3.63, 3.8) is 0 Å². The molecule has 0 amide bonds. The third-order valence-corrected chi connectivity index (χ3v) is 3.38. The third-order valence-electron chi connectivity index (χ3n) is 3.12. The largest absolute Gasteiger partial charge is 0.317 e. The summed E-state index contributed by atoms with van der Waals surface area (Å²) in [6, 6.07) is 0. The quantitative estimate of drug-likeness (QED) is 0.785. The van der Waals surface area contributed by atoms with Gasteiger partial charge < -0.3 is 5.43 Å². The zero-order valence-corrected chi connectivity index (χ0v) is 9.71. The van der Waals surface area contributed by atoms with Gasteiger partial charge in [0.05, 0.1) is 11.2 Å². The van der Waals surface area contributed by atoms with Crippen LogP contribution >= 0.6 is 11.6 Å². The lowest BCUT2D eigenvalue weighted by atomic mass is 9.92. The Balaban J connectivity index is 2.41. The van der Waals surface area contributed by atoms with E-state index in [0.29, 0.717) is 5.15 Å². The number of hydrogen-bond acceptors (Lipinski definition) is 5. The van der Waals surface area contributed by atoms with Crippen molar-refractivity contribution in [2.75, 3.05) is 5.43 Å². The maximum absolute atomic E-state index is 6.09. The number of halogens is 1. The number of rotatable bonds is 1. The molecular formula is C9H11ClN6. The molecule has 6 nitrogen and oxygen atoms in total. The summed E-state index contributed by atoms with van der Waals surface area (Å²) in [4.78, 5) is 4.23. The Morgan fingerprint density at radius 1 is 1.56 bits per heavy atom. The zero-order chi connectivity index (χ0) is 11.3. The second kappa shape index (κ2) is 3.05. The summed E-state index contributed by atoms with van der Waals surface area (Å²) >= 11 is 6.09. The number of nitrogens with zero attached hydrogens (tertiary/aromatic N) is 4. The zero-order valence-electron chi connectivity index (χ0n) is 8.95. The SMILES string of the molecule is CCC1(C)NNc2c(Cl)nn3ncnc3c21. The molecule has 1 aliphatic heterocycles. The van der Waals surface area contributed by atoms with Gasteiger partial charge in [-0.05, 0) is 13.3 Å². The average Bonchev–Trinajstić information content (AvgIpc) is 2.84. The van der Waals surface area contributed by atoms with E-state index in [9.17, 15) is 0 Å². The van der Waals surface area contributed by atoms with Gasteiger partial charge in [0, 0.05) is 5.56 Å². The normalized spacial score (nSPS) is 23.4. The second-order valence-corrected chi connectivity index (χ2v) is 4.41. The van der Waals surface area contributed by atoms with Gasteiger partial charge in [0.15, 0.2) is 10.8 Å². The van der Waals surface area contributed by atoms with Crippen LogP contribution in [0.15, 0.2) is 6.33 Å². The van der Waals surface area contributed by atoms with E-state index in [1.165, 1.54) is 11.0 Å². The molecule has 1 atom stereocenters. The van der Waals surface area contributed by atoms with Gasteiger partial charge in [-0.25, -0.2) is 10.4 Å². The first-order valence-electron chi connectivity index (χ1n) is 5.09. The van der Waals surface area contributed by atoms with Crippen LogP contribution < -0.4 is 10.9 Å². The van der Waals surface area contributed by atoms with Crippen molar-refractivity contribution in [1.29, 1.82) is 0 Å². The van der Waals surface area contributed by atoms with E-state index in [-0.39, 0.29) is 5.54 Å². The van der Waals surface area contributed by atoms with Gasteiger partial charge in [-0.2, -0.15) is 0 Å². The minimum absolute atomic E-state index is 0.198. The standard InChI is InChI=1S/C9H11ClN6/c1-3-9(2)5-6(13-15-9)7(10)14-16-8(5)11-4-12-16/h4,13,15H,3H2,1-2H3. The Morgan fingerprint density at radius 2 is 2.38 bits per heavy atom. The molecule has 0 spiro atoms. The summed E-state index contributed by atoms with van der Waals surface area (Å²) < 4.78 is 1.46. The van der Waals surface area contributed by atoms with E-state index < -0.39 is 0 Å². The van der Waals surface area contributed by atoms with Gasteiger partial charge in [0.25, 0.3) is 0 Å². The lowest BCUT2D eigenvalue weighted by Gasteiger charge is -2.22. The highest BCUT2D eigenvalue weighted by Crippen LogP contribution is 2.40. The molecule has 0 saturated heterocycles. The minimum Gasteiger partial charge on any atom is -0.317 e. The van der Waals surface area contributed by atoms with Crippen LogP contribution in [0.25, 0.3) is 5.65 Å². The molecule has 16 heavy (non-hydrogen) atoms. The number of nitrogens with one attached hydrogen (secondary N) is 2. The number of aromatic nitrogens is 4. The van der Waals surface area contributed by atoms with E-state index in [0.717, 1.165) is 23.3 Å². The van der Waals surface area contributed by atoms with Crippen LogP contribution in [0.4, 0.5) is 5.69 Å². The van der Waals surface area contributed by atoms with Gasteiger partial charge in [-0.3, -0.25) is 0 Å². The topological polar surface area (TPSA) is 67.1 Å². The molecule has 0 fully saturated rings. The average molecular weight is 239 g/mol. The minimum atomic E-state index is -0.198. The Morgan fingerprint density at radius 3 is 3.12 bits per heavy atom. The summed E-state index contributed by atoms with van der Waals surface area (Å²) in [5.74, 6) is 0. The molecule has 3 heterocycles. The monoisotopic (exact) mass is 238 g/mol. The fourth-order valence-corrected chi connectivity index (χ4v) is 2.20. The van der Waals surface area contributed by atoms with Crippen molar-refractivity contribution in [3.8, 4) is 0 Å². The summed E-state index contributed by atoms with van der Waals surface area (Å²) in [7, 11) is 0. The van der Waals surface area contributed by atoms with Crippen molar-refractivity contribution in [3.05, 3.63) is 17.0 Å². The Hall–Kier alpha value is -1.40. The number of hydrazine groups is 1. The van der Waals surface area contributed by atoms with Gasteiger partial charge >= 0.3 is 0 Å². The van der Waals surface area contributed by atoms with Gasteiger partial charge in [0.2, 0.25) is 0 Å². The maximum atomic E-state index is 6.09. The van der Waals surface area contributed by atoms with Crippen LogP contribution in [0.2, 0.25) is 5.15 Å². The maximum Gasteiger partial charge on any atom is 0.183 e. The van der Waals surface area contributed by atoms with E-state index in [2.05, 4.69) is 39.9 Å². The highest BCUT2D eigenvalue weighted by molar-refractivity contribution is 6.32. The van der Waals surface area contributed by atoms with E-state index in [4.69, 9.17) is 11.6 Å². The Kier molecular flexibility index (Phi) is 1.87. The van der Waals surface area contributed by atoms with Gasteiger partial charge in [0.1, 0.15) is 6.33 Å². The molecule has 2 aromatic rings. The van der Waals surface area contributed by atoms with Crippen LogP contribution in [0.5, 0.6) is 0 Å². The van der Waals surface area contributed by atoms with Crippen LogP contribution in [0.3, 0.4) is 0 Å². The van der Waals surface area contributed by atoms with Crippen molar-refractivity contribution in [1.82, 2.24) is 25.2 Å². The molecule has 7 heteroatoms. The fraction of sp³-hybridized carbons (Fsp3) is 0.444. The van der Waals surface area contributed by atoms with Crippen LogP contribution in [-0.4, -0.2) is 19.8 Å². The molecule has 0 radical (unpaired) electrons. The molecule has 84 valence electrons. The molecule has 0 saturated carbocycles. The summed E-state index contributed by atoms with van der Waals surface area (Å²) in [5, 5.41) is 8.53. The first-order valence-corrected chi connectivity index (χ1v) is 5.46. The lowest BCUT2D eigenvalue weighted by Crippen LogP contribution is -2.36. The summed E-state index contributed by atoms with van der Waals surface area (Å²) in [5.41, 5.74) is 8.64. The summed E-state index contributed by atoms with van der Waals surface area (Å²) in [6.45, 7) is 4.20. The van der Waals surface area contributed by atoms with Crippen LogP contribution in [-0.2, 0) is 5.54 Å². The molecule has 0 aromatic carbocycles. The highest BCUT2D eigenvalue weighted by atomic mass is 35.5.